The molecule has 0 unspecified atom stereocenters. The molecule has 1 aliphatic rings. The molecule has 1 aliphatic carbocycles. The third-order valence-electron chi connectivity index (χ3n) is 6.42. The van der Waals surface area contributed by atoms with Crippen molar-refractivity contribution in [3.05, 3.63) is 64.7 Å². The molecule has 0 bridgehead atoms. The van der Waals surface area contributed by atoms with Gasteiger partial charge in [-0.25, -0.2) is 0 Å². The number of nitrogens with one attached hydrogen (secondary N) is 4. The minimum Gasteiger partial charge on any atom is -0.454 e. The molecule has 10 nitrogen and oxygen atoms in total. The van der Waals surface area contributed by atoms with Gasteiger partial charge in [0.15, 0.2) is 6.61 Å². The van der Waals surface area contributed by atoms with Crippen LogP contribution >= 0.6 is 11.6 Å². The van der Waals surface area contributed by atoms with Gasteiger partial charge in [0.2, 0.25) is 17.8 Å². The van der Waals surface area contributed by atoms with Crippen molar-refractivity contribution in [1.29, 1.82) is 0 Å². The molecular formula is C28H31ClF3N7O3. The first kappa shape index (κ1) is 30.8. The van der Waals surface area contributed by atoms with Crippen molar-refractivity contribution in [2.45, 2.75) is 45.3 Å². The summed E-state index contributed by atoms with van der Waals surface area (Å²) in [4.78, 5) is 36.2. The van der Waals surface area contributed by atoms with E-state index in [0.29, 0.717) is 29.4 Å². The smallest absolute Gasteiger partial charge is 0.422 e. The zero-order valence-corrected chi connectivity index (χ0v) is 24.0. The van der Waals surface area contributed by atoms with E-state index in [-0.39, 0.29) is 29.1 Å². The van der Waals surface area contributed by atoms with Crippen LogP contribution in [-0.4, -0.2) is 52.6 Å². The Labute approximate surface area is 245 Å². The van der Waals surface area contributed by atoms with E-state index in [1.807, 2.05) is 26.0 Å². The monoisotopic (exact) mass is 605 g/mol. The third kappa shape index (κ3) is 8.93. The molecule has 2 amide bonds. The van der Waals surface area contributed by atoms with Crippen LogP contribution in [0.2, 0.25) is 5.02 Å². The first-order valence-corrected chi connectivity index (χ1v) is 13.5. The zero-order valence-electron chi connectivity index (χ0n) is 23.2. The number of alkyl halides is 3. The van der Waals surface area contributed by atoms with Gasteiger partial charge < -0.3 is 26.0 Å². The van der Waals surface area contributed by atoms with Gasteiger partial charge in [0, 0.05) is 36.3 Å². The summed E-state index contributed by atoms with van der Waals surface area (Å²) in [6, 6.07) is 13.1. The highest BCUT2D eigenvalue weighted by Gasteiger charge is 2.45. The second-order valence-corrected chi connectivity index (χ2v) is 11.3. The topological polar surface area (TPSA) is 130 Å². The molecule has 1 saturated carbocycles. The van der Waals surface area contributed by atoms with E-state index >= 15 is 0 Å². The van der Waals surface area contributed by atoms with Gasteiger partial charge in [0.25, 0.3) is 5.91 Å². The number of nitrogens with zero attached hydrogens (tertiary/aromatic N) is 3. The van der Waals surface area contributed by atoms with Crippen molar-refractivity contribution < 1.29 is 27.5 Å². The summed E-state index contributed by atoms with van der Waals surface area (Å²) in [5.41, 5.74) is 0.964. The van der Waals surface area contributed by atoms with E-state index in [9.17, 15) is 22.8 Å². The molecule has 224 valence electrons. The van der Waals surface area contributed by atoms with Gasteiger partial charge in [0.1, 0.15) is 0 Å². The normalized spacial score (nSPS) is 14.1. The molecule has 0 atom stereocenters. The largest absolute Gasteiger partial charge is 0.454 e. The van der Waals surface area contributed by atoms with Crippen LogP contribution in [0.3, 0.4) is 0 Å². The van der Waals surface area contributed by atoms with Crippen LogP contribution in [-0.2, 0) is 10.3 Å². The molecule has 4 rings (SSSR count). The van der Waals surface area contributed by atoms with Gasteiger partial charge in [-0.2, -0.15) is 28.1 Å². The molecule has 4 N–H and O–H groups in total. The zero-order chi connectivity index (χ0) is 30.5. The summed E-state index contributed by atoms with van der Waals surface area (Å²) < 4.78 is 43.3. The maximum Gasteiger partial charge on any atom is 0.422 e. The van der Waals surface area contributed by atoms with Crippen molar-refractivity contribution in [1.82, 2.24) is 25.6 Å². The van der Waals surface area contributed by atoms with Crippen LogP contribution in [0.1, 0.15) is 49.5 Å². The minimum absolute atomic E-state index is 0.0370. The Kier molecular flexibility index (Phi) is 9.09. The van der Waals surface area contributed by atoms with Gasteiger partial charge >= 0.3 is 12.2 Å². The number of halogens is 4. The van der Waals surface area contributed by atoms with Crippen molar-refractivity contribution in [2.75, 3.05) is 30.3 Å². The van der Waals surface area contributed by atoms with E-state index in [4.69, 9.17) is 16.3 Å². The predicted molar refractivity (Wildman–Crippen MR) is 152 cm³/mol. The summed E-state index contributed by atoms with van der Waals surface area (Å²) in [5.74, 6) is -0.460. The molecular weight excluding hydrogens is 575 g/mol. The average molecular weight is 606 g/mol. The number of carbonyl (C=O) groups excluding carboxylic acids is 2. The number of aromatic nitrogens is 3. The van der Waals surface area contributed by atoms with Gasteiger partial charge in [-0.3, -0.25) is 9.59 Å². The van der Waals surface area contributed by atoms with Gasteiger partial charge in [-0.1, -0.05) is 37.6 Å². The van der Waals surface area contributed by atoms with Crippen LogP contribution in [0.25, 0.3) is 0 Å². The fraction of sp³-hybridized carbons (Fsp3) is 0.393. The predicted octanol–water partition coefficient (Wildman–Crippen LogP) is 5.20. The van der Waals surface area contributed by atoms with Crippen LogP contribution in [0.5, 0.6) is 6.01 Å². The lowest BCUT2D eigenvalue weighted by Crippen LogP contribution is -2.41. The molecule has 0 saturated heterocycles. The Morgan fingerprint density at radius 3 is 2.14 bits per heavy atom. The average Bonchev–Trinajstić information content (AvgIpc) is 3.70. The Morgan fingerprint density at radius 2 is 1.55 bits per heavy atom. The molecule has 1 aromatic heterocycles. The van der Waals surface area contributed by atoms with Crippen LogP contribution in [0.4, 0.5) is 30.8 Å². The number of amides is 2. The maximum absolute atomic E-state index is 12.8. The molecule has 42 heavy (non-hydrogen) atoms. The Balaban J connectivity index is 1.46. The minimum atomic E-state index is -4.58. The highest BCUT2D eigenvalue weighted by atomic mass is 35.5. The number of anilines is 3. The molecule has 0 aliphatic heterocycles. The SMILES string of the molecule is CC(=O)NCC(C)(C)CNC(=O)c1ccc(Nc2nc(NC3(c4ccc(Cl)cc4)CC3)nc(OCC(F)(F)F)n2)cc1. The van der Waals surface area contributed by atoms with Gasteiger partial charge in [-0.05, 0) is 60.2 Å². The van der Waals surface area contributed by atoms with Gasteiger partial charge in [0.05, 0.1) is 5.54 Å². The van der Waals surface area contributed by atoms with Crippen molar-refractivity contribution in [2.24, 2.45) is 5.41 Å². The van der Waals surface area contributed by atoms with E-state index < -0.39 is 24.3 Å². The molecule has 1 fully saturated rings. The van der Waals surface area contributed by atoms with Crippen LogP contribution in [0.15, 0.2) is 48.5 Å². The molecule has 1 heterocycles. The second-order valence-electron chi connectivity index (χ2n) is 10.8. The Hall–Kier alpha value is -4.13. The molecule has 0 radical (unpaired) electrons. The number of hydrogen-bond acceptors (Lipinski definition) is 8. The number of rotatable bonds is 12. The van der Waals surface area contributed by atoms with Crippen molar-refractivity contribution in [3.63, 3.8) is 0 Å². The van der Waals surface area contributed by atoms with Crippen LogP contribution in [0, 0.1) is 5.41 Å². The van der Waals surface area contributed by atoms with Crippen molar-refractivity contribution in [3.8, 4) is 6.01 Å². The van der Waals surface area contributed by atoms with Gasteiger partial charge in [-0.15, -0.1) is 0 Å². The first-order chi connectivity index (χ1) is 19.7. The fourth-order valence-corrected chi connectivity index (χ4v) is 4.08. The van der Waals surface area contributed by atoms with E-state index in [2.05, 4.69) is 36.2 Å². The Bertz CT molecular complexity index is 1410. The Morgan fingerprint density at radius 1 is 0.929 bits per heavy atom. The second kappa shape index (κ2) is 12.4. The summed E-state index contributed by atoms with van der Waals surface area (Å²) in [7, 11) is 0. The highest BCUT2D eigenvalue weighted by Crippen LogP contribution is 2.48. The lowest BCUT2D eigenvalue weighted by Gasteiger charge is -2.25. The number of hydrogen-bond donors (Lipinski definition) is 4. The molecule has 0 spiro atoms. The summed E-state index contributed by atoms with van der Waals surface area (Å²) in [6.07, 6.45) is -3.06. The fourth-order valence-electron chi connectivity index (χ4n) is 3.95. The maximum atomic E-state index is 12.8. The quantitative estimate of drug-likeness (QED) is 0.222. The molecule has 14 heteroatoms. The summed E-state index contributed by atoms with van der Waals surface area (Å²) in [5, 5.41) is 12.3. The number of benzene rings is 2. The molecule has 2 aromatic carbocycles. The lowest BCUT2D eigenvalue weighted by molar-refractivity contribution is -0.154. The standard InChI is InChI=1S/C28H31ClF3N7O3/c1-17(40)33-14-26(2,3)15-34-22(41)18-4-10-21(11-5-18)35-23-36-24(38-25(37-23)42-16-28(30,31)32)39-27(12-13-27)19-6-8-20(29)9-7-19/h4-11H,12-16H2,1-3H3,(H,33,40)(H,34,41)(H2,35,36,37,38,39). The van der Waals surface area contributed by atoms with E-state index in [1.165, 1.54) is 6.92 Å². The lowest BCUT2D eigenvalue weighted by atomic mass is 9.93. The van der Waals surface area contributed by atoms with E-state index in [0.717, 1.165) is 18.4 Å². The van der Waals surface area contributed by atoms with Crippen LogP contribution < -0.4 is 26.0 Å². The third-order valence-corrected chi connectivity index (χ3v) is 6.68. The first-order valence-electron chi connectivity index (χ1n) is 13.1. The van der Waals surface area contributed by atoms with E-state index in [1.54, 1.807) is 36.4 Å². The molecule has 3 aromatic rings. The highest BCUT2D eigenvalue weighted by molar-refractivity contribution is 6.30. The number of ether oxygens (including phenoxy) is 1. The van der Waals surface area contributed by atoms with Crippen molar-refractivity contribution >= 4 is 41.0 Å². The summed E-state index contributed by atoms with van der Waals surface area (Å²) >= 11 is 6.01. The number of carbonyl (C=O) groups is 2. The summed E-state index contributed by atoms with van der Waals surface area (Å²) in [6.45, 7) is 4.45.